The van der Waals surface area contributed by atoms with Gasteiger partial charge in [-0.3, -0.25) is 0 Å². The molecule has 2 N–H and O–H groups in total. The number of rotatable bonds is 6. The van der Waals surface area contributed by atoms with Crippen LogP contribution >= 0.6 is 27.5 Å². The number of carbonyl (C=O) groups is 1. The van der Waals surface area contributed by atoms with Crippen LogP contribution in [0.2, 0.25) is 5.02 Å². The van der Waals surface area contributed by atoms with Crippen LogP contribution in [-0.2, 0) is 14.3 Å². The minimum absolute atomic E-state index is 0.539. The maximum absolute atomic E-state index is 11.5. The van der Waals surface area contributed by atoms with Gasteiger partial charge in [0.25, 0.3) is 0 Å². The summed E-state index contributed by atoms with van der Waals surface area (Å²) in [5, 5.41) is 12.8. The molecule has 0 aliphatic heterocycles. The van der Waals surface area contributed by atoms with Gasteiger partial charge >= 0.3 is 5.97 Å². The summed E-state index contributed by atoms with van der Waals surface area (Å²) < 4.78 is 10.8. The molecule has 0 spiro atoms. The van der Waals surface area contributed by atoms with Crippen LogP contribution in [0.3, 0.4) is 0 Å². The number of benzene rings is 1. The van der Waals surface area contributed by atoms with E-state index in [9.17, 15) is 9.90 Å². The van der Waals surface area contributed by atoms with Crippen molar-refractivity contribution in [3.63, 3.8) is 0 Å². The zero-order chi connectivity index (χ0) is 14.6. The molecular formula is C12H15BrClNO4. The molecule has 19 heavy (non-hydrogen) atoms. The average molecular weight is 353 g/mol. The number of anilines is 1. The molecule has 1 aromatic carbocycles. The summed E-state index contributed by atoms with van der Waals surface area (Å²) >= 11 is 9.17. The Morgan fingerprint density at radius 3 is 2.47 bits per heavy atom. The Morgan fingerprint density at radius 1 is 1.47 bits per heavy atom. The Kier molecular flexibility index (Phi) is 5.61. The molecule has 0 saturated heterocycles. The second-order valence-corrected chi connectivity index (χ2v) is 5.33. The van der Waals surface area contributed by atoms with Crippen molar-refractivity contribution >= 4 is 39.2 Å². The van der Waals surface area contributed by atoms with Crippen molar-refractivity contribution in [3.05, 3.63) is 27.7 Å². The maximum atomic E-state index is 11.5. The average Bonchev–Trinajstić information content (AvgIpc) is 2.35. The van der Waals surface area contributed by atoms with Crippen LogP contribution in [0.25, 0.3) is 0 Å². The molecule has 0 saturated carbocycles. The van der Waals surface area contributed by atoms with Gasteiger partial charge in [-0.15, -0.1) is 0 Å². The first-order valence-corrected chi connectivity index (χ1v) is 6.54. The van der Waals surface area contributed by atoms with E-state index in [4.69, 9.17) is 21.1 Å². The first-order chi connectivity index (χ1) is 8.85. The Balaban J connectivity index is 3.07. The van der Waals surface area contributed by atoms with Gasteiger partial charge in [-0.2, -0.15) is 0 Å². The zero-order valence-electron chi connectivity index (χ0n) is 10.7. The third-order valence-electron chi connectivity index (χ3n) is 2.67. The van der Waals surface area contributed by atoms with Crippen LogP contribution in [0.15, 0.2) is 22.7 Å². The molecule has 0 radical (unpaired) electrons. The van der Waals surface area contributed by atoms with E-state index in [-0.39, 0.29) is 0 Å². The number of aliphatic carboxylic acids is 1. The number of carboxylic acid groups (broad SMARTS) is 1. The molecule has 0 heterocycles. The van der Waals surface area contributed by atoms with Crippen molar-refractivity contribution in [1.29, 1.82) is 0 Å². The normalized spacial score (nSPS) is 14.2. The SMILES string of the molecule is COC(OC)C(C)(Nc1ccc(Cl)c(Br)c1)C(=O)O. The highest BCUT2D eigenvalue weighted by Gasteiger charge is 2.42. The number of nitrogens with one attached hydrogen (secondary N) is 1. The molecule has 0 bridgehead atoms. The molecule has 1 atom stereocenters. The van der Waals surface area contributed by atoms with E-state index in [0.717, 1.165) is 0 Å². The molecule has 5 nitrogen and oxygen atoms in total. The predicted octanol–water partition coefficient (Wildman–Crippen LogP) is 2.98. The maximum Gasteiger partial charge on any atom is 0.334 e. The molecule has 1 aromatic rings. The van der Waals surface area contributed by atoms with Crippen LogP contribution in [0.1, 0.15) is 6.92 Å². The fraction of sp³-hybridized carbons (Fsp3) is 0.417. The number of hydrogen-bond donors (Lipinski definition) is 2. The van der Waals surface area contributed by atoms with Crippen LogP contribution < -0.4 is 5.32 Å². The Hall–Kier alpha value is -0.820. The number of ether oxygens (including phenoxy) is 2. The Bertz CT molecular complexity index is 467. The van der Waals surface area contributed by atoms with Gasteiger partial charge in [0.1, 0.15) is 0 Å². The number of carboxylic acids is 1. The number of hydrogen-bond acceptors (Lipinski definition) is 4. The second kappa shape index (κ2) is 6.56. The van der Waals surface area contributed by atoms with E-state index in [0.29, 0.717) is 15.2 Å². The van der Waals surface area contributed by atoms with E-state index in [1.807, 2.05) is 0 Å². The standard InChI is InChI=1S/C12H15BrClNO4/c1-12(10(16)17,11(18-2)19-3)15-7-4-5-9(14)8(13)6-7/h4-6,11,15H,1-3H3,(H,16,17). The first kappa shape index (κ1) is 16.2. The Labute approximate surface area is 125 Å². The highest BCUT2D eigenvalue weighted by atomic mass is 79.9. The summed E-state index contributed by atoms with van der Waals surface area (Å²) in [6, 6.07) is 5.02. The Morgan fingerprint density at radius 2 is 2.05 bits per heavy atom. The lowest BCUT2D eigenvalue weighted by atomic mass is 10.0. The molecular weight excluding hydrogens is 337 g/mol. The summed E-state index contributed by atoms with van der Waals surface area (Å²) in [7, 11) is 2.77. The molecule has 0 aliphatic carbocycles. The highest BCUT2D eigenvalue weighted by Crippen LogP contribution is 2.28. The second-order valence-electron chi connectivity index (χ2n) is 4.06. The van der Waals surface area contributed by atoms with Gasteiger partial charge in [-0.05, 0) is 41.1 Å². The van der Waals surface area contributed by atoms with Crippen LogP contribution in [0.4, 0.5) is 5.69 Å². The molecule has 1 unspecified atom stereocenters. The summed E-state index contributed by atoms with van der Waals surface area (Å²) in [5.74, 6) is -1.09. The van der Waals surface area contributed by atoms with Gasteiger partial charge in [-0.1, -0.05) is 11.6 Å². The molecule has 0 fully saturated rings. The fourth-order valence-electron chi connectivity index (χ4n) is 1.65. The molecule has 1 rings (SSSR count). The van der Waals surface area contributed by atoms with E-state index < -0.39 is 17.8 Å². The zero-order valence-corrected chi connectivity index (χ0v) is 13.1. The summed E-state index contributed by atoms with van der Waals surface area (Å²) in [4.78, 5) is 11.5. The van der Waals surface area contributed by atoms with Gasteiger partial charge < -0.3 is 19.9 Å². The topological polar surface area (TPSA) is 67.8 Å². The monoisotopic (exact) mass is 351 g/mol. The van der Waals surface area contributed by atoms with Gasteiger partial charge in [0.15, 0.2) is 11.8 Å². The van der Waals surface area contributed by atoms with Crippen molar-refractivity contribution in [2.45, 2.75) is 18.8 Å². The third kappa shape index (κ3) is 3.60. The van der Waals surface area contributed by atoms with Crippen molar-refractivity contribution in [1.82, 2.24) is 0 Å². The van der Waals surface area contributed by atoms with Crippen molar-refractivity contribution in [2.24, 2.45) is 0 Å². The number of halogens is 2. The minimum atomic E-state index is -1.43. The molecule has 0 aromatic heterocycles. The molecule has 0 aliphatic rings. The highest BCUT2D eigenvalue weighted by molar-refractivity contribution is 9.10. The lowest BCUT2D eigenvalue weighted by molar-refractivity contribution is -0.171. The third-order valence-corrected chi connectivity index (χ3v) is 3.88. The first-order valence-electron chi connectivity index (χ1n) is 5.37. The van der Waals surface area contributed by atoms with E-state index in [1.54, 1.807) is 18.2 Å². The van der Waals surface area contributed by atoms with E-state index >= 15 is 0 Å². The van der Waals surface area contributed by atoms with Crippen LogP contribution in [-0.4, -0.2) is 37.1 Å². The largest absolute Gasteiger partial charge is 0.479 e. The smallest absolute Gasteiger partial charge is 0.334 e. The predicted molar refractivity (Wildman–Crippen MR) is 76.6 cm³/mol. The van der Waals surface area contributed by atoms with Gasteiger partial charge in [0.2, 0.25) is 0 Å². The van der Waals surface area contributed by atoms with Crippen molar-refractivity contribution in [2.75, 3.05) is 19.5 Å². The van der Waals surface area contributed by atoms with Crippen LogP contribution in [0, 0.1) is 0 Å². The van der Waals surface area contributed by atoms with Crippen molar-refractivity contribution < 1.29 is 19.4 Å². The summed E-state index contributed by atoms with van der Waals surface area (Å²) in [6.45, 7) is 1.48. The van der Waals surface area contributed by atoms with E-state index in [1.165, 1.54) is 21.1 Å². The summed E-state index contributed by atoms with van der Waals surface area (Å²) in [5.41, 5.74) is -0.850. The van der Waals surface area contributed by atoms with Gasteiger partial charge in [0, 0.05) is 24.4 Å². The van der Waals surface area contributed by atoms with Crippen LogP contribution in [0.5, 0.6) is 0 Å². The number of methoxy groups -OCH3 is 2. The summed E-state index contributed by atoms with van der Waals surface area (Å²) in [6.07, 6.45) is -0.945. The minimum Gasteiger partial charge on any atom is -0.479 e. The van der Waals surface area contributed by atoms with Gasteiger partial charge in [-0.25, -0.2) is 4.79 Å². The molecule has 0 amide bonds. The quantitative estimate of drug-likeness (QED) is 0.770. The molecule has 106 valence electrons. The van der Waals surface area contributed by atoms with E-state index in [2.05, 4.69) is 21.2 Å². The fourth-order valence-corrected chi connectivity index (χ4v) is 2.15. The molecule has 7 heteroatoms. The van der Waals surface area contributed by atoms with Crippen molar-refractivity contribution in [3.8, 4) is 0 Å². The lowest BCUT2D eigenvalue weighted by Crippen LogP contribution is -2.54. The van der Waals surface area contributed by atoms with Gasteiger partial charge in [0.05, 0.1) is 5.02 Å². The lowest BCUT2D eigenvalue weighted by Gasteiger charge is -2.33.